The van der Waals surface area contributed by atoms with Crippen molar-refractivity contribution in [2.45, 2.75) is 6.92 Å². The van der Waals surface area contributed by atoms with E-state index in [1.165, 1.54) is 41.2 Å². The highest BCUT2D eigenvalue weighted by atomic mass is 32.2. The number of nitrogens with one attached hydrogen (secondary N) is 3. The van der Waals surface area contributed by atoms with E-state index in [4.69, 9.17) is 5.26 Å². The molecule has 2 aromatic carbocycles. The average molecular weight is 460 g/mol. The van der Waals surface area contributed by atoms with Crippen molar-refractivity contribution in [1.82, 2.24) is 15.1 Å². The van der Waals surface area contributed by atoms with Gasteiger partial charge in [-0.05, 0) is 36.8 Å². The molecule has 0 spiro atoms. The lowest BCUT2D eigenvalue weighted by Gasteiger charge is -2.10. The summed E-state index contributed by atoms with van der Waals surface area (Å²) in [4.78, 5) is 12.0. The first-order valence-corrected chi connectivity index (χ1v) is 10.9. The number of hydrogen-bond acceptors (Lipinski definition) is 5. The second-order valence-corrected chi connectivity index (χ2v) is 8.50. The highest BCUT2D eigenvalue weighted by Crippen LogP contribution is 2.18. The number of halogens is 2. The Morgan fingerprint density at radius 1 is 1.19 bits per heavy atom. The number of urea groups is 1. The maximum absolute atomic E-state index is 13.7. The second kappa shape index (κ2) is 9.44. The number of carbonyl (C=O) groups is 1. The molecule has 0 saturated heterocycles. The van der Waals surface area contributed by atoms with E-state index in [9.17, 15) is 22.0 Å². The maximum Gasteiger partial charge on any atom is 0.320 e. The predicted molar refractivity (Wildman–Crippen MR) is 114 cm³/mol. The van der Waals surface area contributed by atoms with Crippen LogP contribution in [0, 0.1) is 29.9 Å². The number of rotatable bonds is 7. The molecule has 0 radical (unpaired) electrons. The Balaban J connectivity index is 1.54. The van der Waals surface area contributed by atoms with Crippen LogP contribution in [0.15, 0.2) is 48.7 Å². The molecule has 2 amide bonds. The highest BCUT2D eigenvalue weighted by Gasteiger charge is 2.14. The van der Waals surface area contributed by atoms with Gasteiger partial charge in [0.25, 0.3) is 0 Å². The van der Waals surface area contributed by atoms with Crippen LogP contribution in [-0.2, 0) is 10.0 Å². The molecule has 12 heteroatoms. The van der Waals surface area contributed by atoms with Crippen molar-refractivity contribution >= 4 is 27.6 Å². The molecule has 3 N–H and O–H groups in total. The van der Waals surface area contributed by atoms with Gasteiger partial charge in [0.1, 0.15) is 23.3 Å². The van der Waals surface area contributed by atoms with Crippen LogP contribution in [0.3, 0.4) is 0 Å². The minimum absolute atomic E-state index is 0.0807. The molecule has 1 aromatic heterocycles. The SMILES string of the molecule is Cc1ccc(NS(=O)(=O)CCNC(=O)Nc2ccn(-c3cccc(F)c3C#N)n2)cc1F. The third-order valence-electron chi connectivity index (χ3n) is 4.28. The Hall–Kier alpha value is -3.98. The first kappa shape index (κ1) is 22.7. The van der Waals surface area contributed by atoms with Crippen LogP contribution in [-0.4, -0.2) is 36.5 Å². The third kappa shape index (κ3) is 5.58. The van der Waals surface area contributed by atoms with Gasteiger partial charge < -0.3 is 5.32 Å². The number of benzene rings is 2. The van der Waals surface area contributed by atoms with Gasteiger partial charge >= 0.3 is 6.03 Å². The summed E-state index contributed by atoms with van der Waals surface area (Å²) in [5.41, 5.74) is 0.468. The Bertz CT molecular complexity index is 1300. The van der Waals surface area contributed by atoms with Crippen molar-refractivity contribution in [3.8, 4) is 11.8 Å². The molecule has 166 valence electrons. The van der Waals surface area contributed by atoms with Crippen molar-refractivity contribution in [3.05, 3.63) is 71.4 Å². The van der Waals surface area contributed by atoms with Gasteiger partial charge in [-0.2, -0.15) is 5.26 Å². The molecule has 3 rings (SSSR count). The summed E-state index contributed by atoms with van der Waals surface area (Å²) in [6.07, 6.45) is 1.43. The third-order valence-corrected chi connectivity index (χ3v) is 5.57. The molecular formula is C20H18F2N6O3S. The number of carbonyl (C=O) groups excluding carboxylic acids is 1. The van der Waals surface area contributed by atoms with E-state index in [2.05, 4.69) is 20.5 Å². The number of hydrogen-bond donors (Lipinski definition) is 3. The highest BCUT2D eigenvalue weighted by molar-refractivity contribution is 7.92. The summed E-state index contributed by atoms with van der Waals surface area (Å²) < 4.78 is 55.0. The van der Waals surface area contributed by atoms with Crippen molar-refractivity contribution in [2.75, 3.05) is 22.3 Å². The fraction of sp³-hybridized carbons (Fsp3) is 0.150. The Kier molecular flexibility index (Phi) is 6.70. The molecule has 9 nitrogen and oxygen atoms in total. The smallest absolute Gasteiger partial charge is 0.320 e. The minimum atomic E-state index is -3.82. The van der Waals surface area contributed by atoms with E-state index < -0.39 is 33.4 Å². The van der Waals surface area contributed by atoms with Gasteiger partial charge in [-0.1, -0.05) is 12.1 Å². The summed E-state index contributed by atoms with van der Waals surface area (Å²) in [6.45, 7) is 1.33. The van der Waals surface area contributed by atoms with Crippen LogP contribution < -0.4 is 15.4 Å². The Labute approximate surface area is 182 Å². The van der Waals surface area contributed by atoms with Crippen LogP contribution >= 0.6 is 0 Å². The van der Waals surface area contributed by atoms with Crippen LogP contribution in [0.2, 0.25) is 0 Å². The van der Waals surface area contributed by atoms with Gasteiger partial charge in [0.15, 0.2) is 5.82 Å². The van der Waals surface area contributed by atoms with Crippen LogP contribution in [0.1, 0.15) is 11.1 Å². The summed E-state index contributed by atoms with van der Waals surface area (Å²) in [6, 6.07) is 10.5. The quantitative estimate of drug-likeness (QED) is 0.499. The summed E-state index contributed by atoms with van der Waals surface area (Å²) in [5, 5.41) is 17.9. The molecule has 0 atom stereocenters. The van der Waals surface area contributed by atoms with E-state index in [0.29, 0.717) is 5.56 Å². The van der Waals surface area contributed by atoms with E-state index >= 15 is 0 Å². The van der Waals surface area contributed by atoms with Gasteiger partial charge in [-0.25, -0.2) is 26.7 Å². The lowest BCUT2D eigenvalue weighted by atomic mass is 10.2. The van der Waals surface area contributed by atoms with Crippen molar-refractivity contribution in [1.29, 1.82) is 5.26 Å². The fourth-order valence-electron chi connectivity index (χ4n) is 2.69. The number of anilines is 2. The fourth-order valence-corrected chi connectivity index (χ4v) is 3.64. The molecule has 3 aromatic rings. The zero-order chi connectivity index (χ0) is 23.3. The van der Waals surface area contributed by atoms with Gasteiger partial charge in [0, 0.05) is 18.8 Å². The number of nitriles is 1. The van der Waals surface area contributed by atoms with Crippen molar-refractivity contribution in [2.24, 2.45) is 0 Å². The largest absolute Gasteiger partial charge is 0.337 e. The number of aryl methyl sites for hydroxylation is 1. The van der Waals surface area contributed by atoms with E-state index in [0.717, 1.165) is 12.1 Å². The molecule has 0 unspecified atom stereocenters. The van der Waals surface area contributed by atoms with Gasteiger partial charge in [0.05, 0.1) is 17.1 Å². The first-order chi connectivity index (χ1) is 15.2. The summed E-state index contributed by atoms with van der Waals surface area (Å²) in [5.74, 6) is -1.58. The van der Waals surface area contributed by atoms with E-state index in [-0.39, 0.29) is 29.3 Å². The second-order valence-electron chi connectivity index (χ2n) is 6.66. The predicted octanol–water partition coefficient (Wildman–Crippen LogP) is 2.89. The zero-order valence-corrected chi connectivity index (χ0v) is 17.6. The van der Waals surface area contributed by atoms with Gasteiger partial charge in [-0.15, -0.1) is 5.10 Å². The van der Waals surface area contributed by atoms with Crippen molar-refractivity contribution in [3.63, 3.8) is 0 Å². The maximum atomic E-state index is 13.7. The van der Waals surface area contributed by atoms with Crippen molar-refractivity contribution < 1.29 is 22.0 Å². The molecule has 0 saturated carbocycles. The standard InChI is InChI=1S/C20H18F2N6O3S/c1-13-5-6-14(11-17(13)22)27-32(30,31)10-8-24-20(29)25-19-7-9-28(26-19)18-4-2-3-16(21)15(18)12-23/h2-7,9,11,27H,8,10H2,1H3,(H2,24,25,26,29). The molecule has 0 aliphatic rings. The monoisotopic (exact) mass is 460 g/mol. The van der Waals surface area contributed by atoms with E-state index in [1.807, 2.05) is 0 Å². The molecule has 0 aliphatic heterocycles. The minimum Gasteiger partial charge on any atom is -0.337 e. The zero-order valence-electron chi connectivity index (χ0n) is 16.8. The molecular weight excluding hydrogens is 442 g/mol. The molecule has 0 fully saturated rings. The molecule has 0 bridgehead atoms. The summed E-state index contributed by atoms with van der Waals surface area (Å²) in [7, 11) is -3.82. The molecule has 1 heterocycles. The van der Waals surface area contributed by atoms with E-state index in [1.54, 1.807) is 13.0 Å². The molecule has 32 heavy (non-hydrogen) atoms. The Morgan fingerprint density at radius 3 is 2.69 bits per heavy atom. The normalized spacial score (nSPS) is 10.9. The van der Waals surface area contributed by atoms with Gasteiger partial charge in [0.2, 0.25) is 10.0 Å². The number of nitrogens with zero attached hydrogens (tertiary/aromatic N) is 3. The van der Waals surface area contributed by atoms with Crippen LogP contribution in [0.5, 0.6) is 0 Å². The lowest BCUT2D eigenvalue weighted by molar-refractivity contribution is 0.252. The van der Waals surface area contributed by atoms with Crippen LogP contribution in [0.25, 0.3) is 5.69 Å². The first-order valence-electron chi connectivity index (χ1n) is 9.24. The number of sulfonamides is 1. The van der Waals surface area contributed by atoms with Crippen LogP contribution in [0.4, 0.5) is 25.1 Å². The number of amides is 2. The average Bonchev–Trinajstić information content (AvgIpc) is 3.18. The Morgan fingerprint density at radius 2 is 1.97 bits per heavy atom. The number of aromatic nitrogens is 2. The van der Waals surface area contributed by atoms with Gasteiger partial charge in [-0.3, -0.25) is 10.0 Å². The molecule has 0 aliphatic carbocycles. The topological polar surface area (TPSA) is 129 Å². The summed E-state index contributed by atoms with van der Waals surface area (Å²) >= 11 is 0. The lowest BCUT2D eigenvalue weighted by Crippen LogP contribution is -2.34.